The Hall–Kier alpha value is -2.69. The third-order valence-electron chi connectivity index (χ3n) is 6.17. The Morgan fingerprint density at radius 3 is 1.33 bits per heavy atom. The van der Waals surface area contributed by atoms with Crippen LogP contribution in [-0.2, 0) is 6.16 Å². The summed E-state index contributed by atoms with van der Waals surface area (Å²) in [5.41, 5.74) is 2.84. The molecule has 0 amide bonds. The van der Waals surface area contributed by atoms with Crippen molar-refractivity contribution in [2.24, 2.45) is 0 Å². The molecule has 0 heterocycles. The van der Waals surface area contributed by atoms with E-state index in [2.05, 4.69) is 129 Å². The predicted molar refractivity (Wildman–Crippen MR) is 134 cm³/mol. The molecular weight excluding hydrogens is 379 g/mol. The fraction of sp³-hybridized carbons (Fsp3) is 0.172. The molecule has 1 atom stereocenters. The molecule has 4 aromatic rings. The minimum atomic E-state index is -1.82. The Balaban J connectivity index is 1.89. The average Bonchev–Trinajstić information content (AvgIpc) is 2.84. The van der Waals surface area contributed by atoms with E-state index in [1.54, 1.807) is 0 Å². The van der Waals surface area contributed by atoms with E-state index in [0.717, 1.165) is 6.16 Å². The van der Waals surface area contributed by atoms with E-state index in [9.17, 15) is 0 Å². The summed E-state index contributed by atoms with van der Waals surface area (Å²) in [5.74, 6) is 0.607. The SMILES string of the molecule is CCC(C)c1ccc(C[P+](c2ccccc2)(c2ccccc2)c2ccccc2)cc1. The zero-order valence-electron chi connectivity index (χ0n) is 17.9. The lowest BCUT2D eigenvalue weighted by molar-refractivity contribution is 0.733. The summed E-state index contributed by atoms with van der Waals surface area (Å²) in [6.45, 7) is 4.57. The second kappa shape index (κ2) is 9.41. The summed E-state index contributed by atoms with van der Waals surface area (Å²) < 4.78 is 0. The molecule has 0 saturated heterocycles. The van der Waals surface area contributed by atoms with E-state index < -0.39 is 7.26 Å². The first-order chi connectivity index (χ1) is 14.7. The molecule has 0 saturated carbocycles. The normalized spacial score (nSPS) is 12.5. The monoisotopic (exact) mass is 409 g/mol. The maximum Gasteiger partial charge on any atom is 0.116 e. The molecule has 0 aliphatic heterocycles. The molecule has 0 aliphatic rings. The van der Waals surface area contributed by atoms with Gasteiger partial charge in [0.25, 0.3) is 0 Å². The first-order valence-corrected chi connectivity index (χ1v) is 12.8. The van der Waals surface area contributed by atoms with E-state index in [4.69, 9.17) is 0 Å². The van der Waals surface area contributed by atoms with Crippen molar-refractivity contribution in [2.75, 3.05) is 0 Å². The van der Waals surface area contributed by atoms with Crippen LogP contribution in [0.25, 0.3) is 0 Å². The van der Waals surface area contributed by atoms with Crippen molar-refractivity contribution in [1.82, 2.24) is 0 Å². The van der Waals surface area contributed by atoms with Crippen LogP contribution >= 0.6 is 7.26 Å². The molecule has 1 heteroatoms. The molecule has 0 N–H and O–H groups in total. The third-order valence-corrected chi connectivity index (χ3v) is 10.6. The van der Waals surface area contributed by atoms with Crippen LogP contribution in [0.15, 0.2) is 115 Å². The maximum atomic E-state index is 2.35. The smallest absolute Gasteiger partial charge is 0.0648 e. The van der Waals surface area contributed by atoms with Crippen molar-refractivity contribution in [2.45, 2.75) is 32.3 Å². The van der Waals surface area contributed by atoms with Gasteiger partial charge in [-0.3, -0.25) is 0 Å². The zero-order valence-corrected chi connectivity index (χ0v) is 18.8. The molecular formula is C29H30P+. The van der Waals surface area contributed by atoms with Crippen molar-refractivity contribution < 1.29 is 0 Å². The van der Waals surface area contributed by atoms with Gasteiger partial charge in [-0.25, -0.2) is 0 Å². The molecule has 4 aromatic carbocycles. The largest absolute Gasteiger partial charge is 0.116 e. The topological polar surface area (TPSA) is 0 Å². The van der Waals surface area contributed by atoms with Gasteiger partial charge in [-0.2, -0.15) is 0 Å². The van der Waals surface area contributed by atoms with E-state index in [0.29, 0.717) is 5.92 Å². The van der Waals surface area contributed by atoms with E-state index in [-0.39, 0.29) is 0 Å². The van der Waals surface area contributed by atoms with Crippen LogP contribution in [0.5, 0.6) is 0 Å². The molecule has 1 unspecified atom stereocenters. The highest BCUT2D eigenvalue weighted by Gasteiger charge is 2.45. The molecule has 30 heavy (non-hydrogen) atoms. The summed E-state index contributed by atoms with van der Waals surface area (Å²) in [6.07, 6.45) is 2.21. The molecule has 0 nitrogen and oxygen atoms in total. The first-order valence-electron chi connectivity index (χ1n) is 10.9. The molecule has 4 rings (SSSR count). The lowest BCUT2D eigenvalue weighted by Crippen LogP contribution is -2.32. The van der Waals surface area contributed by atoms with E-state index >= 15 is 0 Å². The number of benzene rings is 4. The van der Waals surface area contributed by atoms with Crippen LogP contribution in [0.4, 0.5) is 0 Å². The summed E-state index contributed by atoms with van der Waals surface area (Å²) >= 11 is 0. The third kappa shape index (κ3) is 4.11. The highest BCUT2D eigenvalue weighted by Crippen LogP contribution is 2.58. The molecule has 150 valence electrons. The molecule has 0 bridgehead atoms. The van der Waals surface area contributed by atoms with Crippen molar-refractivity contribution >= 4 is 23.2 Å². The lowest BCUT2D eigenvalue weighted by Gasteiger charge is -2.28. The fourth-order valence-electron chi connectivity index (χ4n) is 4.23. The summed E-state index contributed by atoms with van der Waals surface area (Å²) in [4.78, 5) is 0. The van der Waals surface area contributed by atoms with Crippen LogP contribution < -0.4 is 15.9 Å². The van der Waals surface area contributed by atoms with Crippen molar-refractivity contribution in [3.05, 3.63) is 126 Å². The Morgan fingerprint density at radius 2 is 0.967 bits per heavy atom. The van der Waals surface area contributed by atoms with Gasteiger partial charge >= 0.3 is 0 Å². The van der Waals surface area contributed by atoms with Crippen LogP contribution in [0.2, 0.25) is 0 Å². The summed E-state index contributed by atoms with van der Waals surface area (Å²) in [6, 6.07) is 42.7. The first kappa shape index (κ1) is 20.6. The second-order valence-corrected chi connectivity index (χ2v) is 11.5. The summed E-state index contributed by atoms with van der Waals surface area (Å²) in [5, 5.41) is 4.32. The molecule has 0 spiro atoms. The van der Waals surface area contributed by atoms with Gasteiger partial charge in [0, 0.05) is 0 Å². The predicted octanol–water partition coefficient (Wildman–Crippen LogP) is 6.69. The molecule has 0 fully saturated rings. The molecule has 0 aliphatic carbocycles. The van der Waals surface area contributed by atoms with Crippen molar-refractivity contribution in [1.29, 1.82) is 0 Å². The lowest BCUT2D eigenvalue weighted by atomic mass is 9.98. The van der Waals surface area contributed by atoms with Crippen LogP contribution in [0, 0.1) is 0 Å². The van der Waals surface area contributed by atoms with Gasteiger partial charge in [0.1, 0.15) is 23.2 Å². The van der Waals surface area contributed by atoms with E-state index in [1.165, 1.54) is 33.5 Å². The Morgan fingerprint density at radius 1 is 0.567 bits per heavy atom. The van der Waals surface area contributed by atoms with Crippen LogP contribution in [-0.4, -0.2) is 0 Å². The highest BCUT2D eigenvalue weighted by atomic mass is 31.2. The van der Waals surface area contributed by atoms with Crippen LogP contribution in [0.3, 0.4) is 0 Å². The Labute approximate surface area is 182 Å². The number of hydrogen-bond donors (Lipinski definition) is 0. The highest BCUT2D eigenvalue weighted by molar-refractivity contribution is 7.95. The molecule has 0 radical (unpaired) electrons. The standard InChI is InChI=1S/C29H30P/c1-3-24(2)26-21-19-25(20-22-26)23-30(27-13-7-4-8-14-27,28-15-9-5-10-16-28)29-17-11-6-12-18-29/h4-22,24H,3,23H2,1-2H3/q+1. The van der Waals surface area contributed by atoms with Gasteiger partial charge in [-0.05, 0) is 59.9 Å². The van der Waals surface area contributed by atoms with Crippen molar-refractivity contribution in [3.8, 4) is 0 Å². The number of rotatable bonds is 7. The maximum absolute atomic E-state index is 2.35. The Bertz CT molecular complexity index is 941. The summed E-state index contributed by atoms with van der Waals surface area (Å²) in [7, 11) is -1.82. The van der Waals surface area contributed by atoms with Gasteiger partial charge in [-0.1, -0.05) is 92.7 Å². The van der Waals surface area contributed by atoms with Crippen molar-refractivity contribution in [3.63, 3.8) is 0 Å². The van der Waals surface area contributed by atoms with E-state index in [1.807, 2.05) is 0 Å². The minimum absolute atomic E-state index is 0.607. The van der Waals surface area contributed by atoms with Gasteiger partial charge in [-0.15, -0.1) is 0 Å². The minimum Gasteiger partial charge on any atom is -0.0648 e. The molecule has 0 aromatic heterocycles. The Kier molecular flexibility index (Phi) is 6.46. The van der Waals surface area contributed by atoms with Gasteiger partial charge < -0.3 is 0 Å². The quantitative estimate of drug-likeness (QED) is 0.298. The van der Waals surface area contributed by atoms with Gasteiger partial charge in [0.05, 0.1) is 6.16 Å². The zero-order chi connectivity index (χ0) is 20.8. The second-order valence-electron chi connectivity index (χ2n) is 8.03. The fourth-order valence-corrected chi connectivity index (χ4v) is 8.47. The van der Waals surface area contributed by atoms with Gasteiger partial charge in [0.15, 0.2) is 0 Å². The van der Waals surface area contributed by atoms with Crippen LogP contribution in [0.1, 0.15) is 37.3 Å². The number of hydrogen-bond acceptors (Lipinski definition) is 0. The average molecular weight is 410 g/mol. The van der Waals surface area contributed by atoms with Gasteiger partial charge in [0.2, 0.25) is 0 Å².